The minimum atomic E-state index is 0.358. The van der Waals surface area contributed by atoms with E-state index in [1.54, 1.807) is 7.11 Å². The fraction of sp³-hybridized carbons (Fsp3) is 0.467. The lowest BCUT2D eigenvalue weighted by atomic mass is 10.1. The summed E-state index contributed by atoms with van der Waals surface area (Å²) >= 11 is 0. The molecule has 0 unspecified atom stereocenters. The Bertz CT molecular complexity index is 499. The SMILES string of the molecule is COCc1nc(CN[C@H](C)CCc2ccccc2)no1. The Balaban J connectivity index is 1.70. The maximum atomic E-state index is 5.04. The molecule has 108 valence electrons. The number of aromatic nitrogens is 2. The molecule has 0 radical (unpaired) electrons. The van der Waals surface area contributed by atoms with E-state index in [1.165, 1.54) is 5.56 Å². The summed E-state index contributed by atoms with van der Waals surface area (Å²) in [5.41, 5.74) is 1.36. The maximum Gasteiger partial charge on any atom is 0.252 e. The number of nitrogens with one attached hydrogen (secondary N) is 1. The molecule has 2 rings (SSSR count). The van der Waals surface area contributed by atoms with Crippen molar-refractivity contribution in [2.45, 2.75) is 39.0 Å². The van der Waals surface area contributed by atoms with Gasteiger partial charge in [-0.25, -0.2) is 0 Å². The molecule has 1 aromatic heterocycles. The maximum absolute atomic E-state index is 5.04. The molecule has 0 amide bonds. The molecule has 0 aliphatic heterocycles. The third-order valence-electron chi connectivity index (χ3n) is 3.10. The van der Waals surface area contributed by atoms with Crippen molar-refractivity contribution >= 4 is 0 Å². The van der Waals surface area contributed by atoms with Crippen LogP contribution in [0.3, 0.4) is 0 Å². The van der Waals surface area contributed by atoms with Crippen LogP contribution >= 0.6 is 0 Å². The van der Waals surface area contributed by atoms with Gasteiger partial charge in [0, 0.05) is 13.2 Å². The fourth-order valence-corrected chi connectivity index (χ4v) is 1.94. The van der Waals surface area contributed by atoms with Gasteiger partial charge < -0.3 is 14.6 Å². The minimum Gasteiger partial charge on any atom is -0.375 e. The van der Waals surface area contributed by atoms with Crippen molar-refractivity contribution in [2.24, 2.45) is 0 Å². The highest BCUT2D eigenvalue weighted by atomic mass is 16.5. The summed E-state index contributed by atoms with van der Waals surface area (Å²) in [5.74, 6) is 1.19. The zero-order chi connectivity index (χ0) is 14.2. The third kappa shape index (κ3) is 4.75. The lowest BCUT2D eigenvalue weighted by molar-refractivity contribution is 0.151. The van der Waals surface area contributed by atoms with Crippen LogP contribution in [0.1, 0.15) is 30.6 Å². The van der Waals surface area contributed by atoms with Gasteiger partial charge in [-0.1, -0.05) is 35.5 Å². The molecule has 1 N–H and O–H groups in total. The molecule has 1 heterocycles. The van der Waals surface area contributed by atoms with E-state index in [4.69, 9.17) is 9.26 Å². The van der Waals surface area contributed by atoms with E-state index in [-0.39, 0.29) is 0 Å². The number of aryl methyl sites for hydroxylation is 1. The van der Waals surface area contributed by atoms with Crippen LogP contribution in [0.25, 0.3) is 0 Å². The Morgan fingerprint density at radius 3 is 2.85 bits per heavy atom. The predicted octanol–water partition coefficient (Wildman–Crippen LogP) is 2.33. The van der Waals surface area contributed by atoms with E-state index in [1.807, 2.05) is 6.07 Å². The smallest absolute Gasteiger partial charge is 0.252 e. The number of benzene rings is 1. The van der Waals surface area contributed by atoms with E-state index < -0.39 is 0 Å². The van der Waals surface area contributed by atoms with Gasteiger partial charge in [-0.2, -0.15) is 4.98 Å². The van der Waals surface area contributed by atoms with E-state index >= 15 is 0 Å². The molecule has 5 heteroatoms. The molecule has 0 fully saturated rings. The van der Waals surface area contributed by atoms with Crippen molar-refractivity contribution in [3.05, 3.63) is 47.6 Å². The zero-order valence-electron chi connectivity index (χ0n) is 12.0. The first-order valence-electron chi connectivity index (χ1n) is 6.85. The molecular formula is C15H21N3O2. The Morgan fingerprint density at radius 1 is 1.30 bits per heavy atom. The Kier molecular flexibility index (Phi) is 5.70. The molecule has 0 bridgehead atoms. The summed E-state index contributed by atoms with van der Waals surface area (Å²) in [6.45, 7) is 3.14. The number of hydrogen-bond donors (Lipinski definition) is 1. The Labute approximate surface area is 119 Å². The quantitative estimate of drug-likeness (QED) is 0.801. The second-order valence-electron chi connectivity index (χ2n) is 4.84. The van der Waals surface area contributed by atoms with Crippen LogP contribution in [0.4, 0.5) is 0 Å². The molecule has 0 saturated heterocycles. The van der Waals surface area contributed by atoms with Crippen molar-refractivity contribution in [2.75, 3.05) is 7.11 Å². The van der Waals surface area contributed by atoms with Gasteiger partial charge in [-0.3, -0.25) is 0 Å². The molecular weight excluding hydrogens is 254 g/mol. The topological polar surface area (TPSA) is 60.2 Å². The molecule has 2 aromatic rings. The zero-order valence-corrected chi connectivity index (χ0v) is 12.0. The number of ether oxygens (including phenoxy) is 1. The molecule has 0 spiro atoms. The van der Waals surface area contributed by atoms with Gasteiger partial charge in [0.05, 0.1) is 6.54 Å². The minimum absolute atomic E-state index is 0.358. The fourth-order valence-electron chi connectivity index (χ4n) is 1.94. The van der Waals surface area contributed by atoms with Crippen LogP contribution in [-0.4, -0.2) is 23.3 Å². The normalized spacial score (nSPS) is 12.5. The van der Waals surface area contributed by atoms with Gasteiger partial charge in [-0.15, -0.1) is 0 Å². The van der Waals surface area contributed by atoms with Gasteiger partial charge in [-0.05, 0) is 25.3 Å². The molecule has 1 aromatic carbocycles. The van der Waals surface area contributed by atoms with Crippen LogP contribution < -0.4 is 5.32 Å². The third-order valence-corrected chi connectivity index (χ3v) is 3.10. The van der Waals surface area contributed by atoms with Crippen LogP contribution in [-0.2, 0) is 24.3 Å². The van der Waals surface area contributed by atoms with Crippen LogP contribution in [0.2, 0.25) is 0 Å². The van der Waals surface area contributed by atoms with E-state index in [0.717, 1.165) is 12.8 Å². The second kappa shape index (κ2) is 7.77. The van der Waals surface area contributed by atoms with Crippen molar-refractivity contribution in [3.8, 4) is 0 Å². The number of nitrogens with zero attached hydrogens (tertiary/aromatic N) is 2. The predicted molar refractivity (Wildman–Crippen MR) is 76.1 cm³/mol. The lowest BCUT2D eigenvalue weighted by Crippen LogP contribution is -2.26. The van der Waals surface area contributed by atoms with E-state index in [0.29, 0.717) is 30.9 Å². The van der Waals surface area contributed by atoms with Gasteiger partial charge in [0.25, 0.3) is 5.89 Å². The van der Waals surface area contributed by atoms with Crippen molar-refractivity contribution in [1.82, 2.24) is 15.5 Å². The summed E-state index contributed by atoms with van der Waals surface area (Å²) < 4.78 is 9.98. The first-order chi connectivity index (χ1) is 9.78. The van der Waals surface area contributed by atoms with Gasteiger partial charge in [0.2, 0.25) is 0 Å². The first-order valence-corrected chi connectivity index (χ1v) is 6.85. The van der Waals surface area contributed by atoms with Gasteiger partial charge in [0.15, 0.2) is 5.82 Å². The van der Waals surface area contributed by atoms with Crippen LogP contribution in [0, 0.1) is 0 Å². The second-order valence-corrected chi connectivity index (χ2v) is 4.84. The van der Waals surface area contributed by atoms with Crippen LogP contribution in [0.5, 0.6) is 0 Å². The first kappa shape index (κ1) is 14.7. The monoisotopic (exact) mass is 275 g/mol. The van der Waals surface area contributed by atoms with E-state index in [9.17, 15) is 0 Å². The van der Waals surface area contributed by atoms with Crippen molar-refractivity contribution < 1.29 is 9.26 Å². The highest BCUT2D eigenvalue weighted by Crippen LogP contribution is 2.05. The Hall–Kier alpha value is -1.72. The summed E-state index contributed by atoms with van der Waals surface area (Å²) in [6, 6.07) is 10.9. The van der Waals surface area contributed by atoms with Crippen molar-refractivity contribution in [3.63, 3.8) is 0 Å². The summed E-state index contributed by atoms with van der Waals surface area (Å²) in [4.78, 5) is 4.22. The Morgan fingerprint density at radius 2 is 2.10 bits per heavy atom. The van der Waals surface area contributed by atoms with Crippen LogP contribution in [0.15, 0.2) is 34.9 Å². The summed E-state index contributed by atoms with van der Waals surface area (Å²) in [7, 11) is 1.60. The average molecular weight is 275 g/mol. The van der Waals surface area contributed by atoms with Gasteiger partial charge >= 0.3 is 0 Å². The van der Waals surface area contributed by atoms with Gasteiger partial charge in [0.1, 0.15) is 6.61 Å². The number of methoxy groups -OCH3 is 1. The molecule has 0 saturated carbocycles. The molecule has 0 aliphatic rings. The molecule has 0 aliphatic carbocycles. The lowest BCUT2D eigenvalue weighted by Gasteiger charge is -2.12. The average Bonchev–Trinajstić information content (AvgIpc) is 2.92. The number of hydrogen-bond acceptors (Lipinski definition) is 5. The highest BCUT2D eigenvalue weighted by molar-refractivity contribution is 5.14. The molecule has 5 nitrogen and oxygen atoms in total. The largest absolute Gasteiger partial charge is 0.375 e. The van der Waals surface area contributed by atoms with Crippen molar-refractivity contribution in [1.29, 1.82) is 0 Å². The summed E-state index contributed by atoms with van der Waals surface area (Å²) in [6.07, 6.45) is 2.14. The summed E-state index contributed by atoms with van der Waals surface area (Å²) in [5, 5.41) is 7.30. The number of rotatable bonds is 8. The highest BCUT2D eigenvalue weighted by Gasteiger charge is 2.07. The molecule has 20 heavy (non-hydrogen) atoms. The van der Waals surface area contributed by atoms with E-state index in [2.05, 4.69) is 46.6 Å². The molecule has 1 atom stereocenters. The standard InChI is InChI=1S/C15H21N3O2/c1-12(8-9-13-6-4-3-5-7-13)16-10-14-17-15(11-19-2)20-18-14/h3-7,12,16H,8-11H2,1-2H3/t12-/m1/s1.